The van der Waals surface area contributed by atoms with Gasteiger partial charge in [0.1, 0.15) is 11.6 Å². The maximum Gasteiger partial charge on any atom is 0.261 e. The molecule has 0 bridgehead atoms. The quantitative estimate of drug-likeness (QED) is 0.768. The molecule has 0 aliphatic rings. The lowest BCUT2D eigenvalue weighted by Crippen LogP contribution is -2.45. The molecule has 4 nitrogen and oxygen atoms in total. The van der Waals surface area contributed by atoms with E-state index in [1.165, 1.54) is 12.1 Å². The fraction of sp³-hybridized carbons (Fsp3) is 0.533. The Morgan fingerprint density at radius 3 is 2.85 bits per heavy atom. The molecule has 112 valence electrons. The smallest absolute Gasteiger partial charge is 0.261 e. The van der Waals surface area contributed by atoms with E-state index in [-0.39, 0.29) is 11.9 Å². The SMILES string of the molecule is CCCCC(CN)NC(=O)C(C)Oc1cccc(F)c1. The van der Waals surface area contributed by atoms with Crippen molar-refractivity contribution in [2.24, 2.45) is 5.73 Å². The van der Waals surface area contributed by atoms with E-state index in [0.29, 0.717) is 12.3 Å². The number of hydrogen-bond donors (Lipinski definition) is 2. The molecule has 0 saturated heterocycles. The van der Waals surface area contributed by atoms with E-state index in [4.69, 9.17) is 10.5 Å². The molecule has 0 aliphatic heterocycles. The normalized spacial score (nSPS) is 13.6. The van der Waals surface area contributed by atoms with Crippen molar-refractivity contribution in [3.8, 4) is 5.75 Å². The molecule has 2 unspecified atom stereocenters. The summed E-state index contributed by atoms with van der Waals surface area (Å²) >= 11 is 0. The number of benzene rings is 1. The summed E-state index contributed by atoms with van der Waals surface area (Å²) < 4.78 is 18.4. The number of ether oxygens (including phenoxy) is 1. The van der Waals surface area contributed by atoms with Gasteiger partial charge in [-0.3, -0.25) is 4.79 Å². The Balaban J connectivity index is 2.49. The highest BCUT2D eigenvalue weighted by Gasteiger charge is 2.18. The number of halogens is 1. The van der Waals surface area contributed by atoms with Crippen molar-refractivity contribution in [1.82, 2.24) is 5.32 Å². The first-order valence-corrected chi connectivity index (χ1v) is 6.99. The third-order valence-corrected chi connectivity index (χ3v) is 3.02. The molecule has 5 heteroatoms. The van der Waals surface area contributed by atoms with Crippen molar-refractivity contribution in [3.63, 3.8) is 0 Å². The third kappa shape index (κ3) is 5.57. The van der Waals surface area contributed by atoms with Gasteiger partial charge in [0.2, 0.25) is 0 Å². The highest BCUT2D eigenvalue weighted by atomic mass is 19.1. The molecule has 0 fully saturated rings. The van der Waals surface area contributed by atoms with Crippen LogP contribution in [0.4, 0.5) is 4.39 Å². The number of nitrogens with two attached hydrogens (primary N) is 1. The second-order valence-electron chi connectivity index (χ2n) is 4.80. The molecule has 1 aromatic carbocycles. The Morgan fingerprint density at radius 2 is 2.25 bits per heavy atom. The van der Waals surface area contributed by atoms with Crippen molar-refractivity contribution < 1.29 is 13.9 Å². The van der Waals surface area contributed by atoms with E-state index in [0.717, 1.165) is 19.3 Å². The maximum absolute atomic E-state index is 13.0. The predicted molar refractivity (Wildman–Crippen MR) is 77.0 cm³/mol. The second-order valence-corrected chi connectivity index (χ2v) is 4.80. The number of carbonyl (C=O) groups is 1. The average Bonchev–Trinajstić information content (AvgIpc) is 2.43. The second kappa shape index (κ2) is 8.53. The van der Waals surface area contributed by atoms with Gasteiger partial charge in [-0.25, -0.2) is 4.39 Å². The molecule has 1 rings (SSSR count). The van der Waals surface area contributed by atoms with Gasteiger partial charge in [0, 0.05) is 18.7 Å². The van der Waals surface area contributed by atoms with E-state index < -0.39 is 11.9 Å². The fourth-order valence-electron chi connectivity index (χ4n) is 1.82. The Bertz CT molecular complexity index is 426. The zero-order valence-electron chi connectivity index (χ0n) is 12.1. The van der Waals surface area contributed by atoms with Crippen LogP contribution in [0, 0.1) is 5.82 Å². The summed E-state index contributed by atoms with van der Waals surface area (Å²) in [5, 5.41) is 2.85. The molecule has 1 aromatic rings. The summed E-state index contributed by atoms with van der Waals surface area (Å²) in [5.74, 6) is -0.288. The number of rotatable bonds is 8. The van der Waals surface area contributed by atoms with Gasteiger partial charge in [-0.1, -0.05) is 25.8 Å². The Labute approximate surface area is 119 Å². The number of hydrogen-bond acceptors (Lipinski definition) is 3. The molecule has 0 aliphatic carbocycles. The van der Waals surface area contributed by atoms with E-state index in [1.54, 1.807) is 19.1 Å². The number of unbranched alkanes of at least 4 members (excludes halogenated alkanes) is 1. The molecular formula is C15H23FN2O2. The van der Waals surface area contributed by atoms with Crippen molar-refractivity contribution in [1.29, 1.82) is 0 Å². The lowest BCUT2D eigenvalue weighted by molar-refractivity contribution is -0.128. The lowest BCUT2D eigenvalue weighted by Gasteiger charge is -2.20. The molecule has 1 amide bonds. The van der Waals surface area contributed by atoms with Crippen LogP contribution in [0.5, 0.6) is 5.75 Å². The summed E-state index contributed by atoms with van der Waals surface area (Å²) in [4.78, 5) is 12.0. The van der Waals surface area contributed by atoms with Gasteiger partial charge in [-0.2, -0.15) is 0 Å². The van der Waals surface area contributed by atoms with Crippen LogP contribution in [-0.2, 0) is 4.79 Å². The zero-order chi connectivity index (χ0) is 15.0. The molecule has 20 heavy (non-hydrogen) atoms. The van der Waals surface area contributed by atoms with Crippen molar-refractivity contribution in [2.75, 3.05) is 6.54 Å². The molecule has 3 N–H and O–H groups in total. The minimum Gasteiger partial charge on any atom is -0.481 e. The molecule has 0 aromatic heterocycles. The summed E-state index contributed by atoms with van der Waals surface area (Å²) in [6, 6.07) is 5.69. The van der Waals surface area contributed by atoms with Crippen molar-refractivity contribution >= 4 is 5.91 Å². The number of amides is 1. The Hall–Kier alpha value is -1.62. The highest BCUT2D eigenvalue weighted by Crippen LogP contribution is 2.14. The summed E-state index contributed by atoms with van der Waals surface area (Å²) in [5.41, 5.74) is 5.63. The predicted octanol–water partition coefficient (Wildman–Crippen LogP) is 2.23. The van der Waals surface area contributed by atoms with Crippen molar-refractivity contribution in [2.45, 2.75) is 45.3 Å². The van der Waals surface area contributed by atoms with Gasteiger partial charge in [0.25, 0.3) is 5.91 Å². The third-order valence-electron chi connectivity index (χ3n) is 3.02. The maximum atomic E-state index is 13.0. The lowest BCUT2D eigenvalue weighted by atomic mass is 10.1. The Morgan fingerprint density at radius 1 is 1.50 bits per heavy atom. The van der Waals surface area contributed by atoms with E-state index in [1.807, 2.05) is 0 Å². The number of nitrogens with one attached hydrogen (secondary N) is 1. The van der Waals surface area contributed by atoms with Gasteiger partial charge in [-0.05, 0) is 25.5 Å². The van der Waals surface area contributed by atoms with E-state index >= 15 is 0 Å². The molecule has 2 atom stereocenters. The van der Waals surface area contributed by atoms with Crippen molar-refractivity contribution in [3.05, 3.63) is 30.1 Å². The van der Waals surface area contributed by atoms with Gasteiger partial charge in [0.05, 0.1) is 0 Å². The fourth-order valence-corrected chi connectivity index (χ4v) is 1.82. The first-order chi connectivity index (χ1) is 9.56. The van der Waals surface area contributed by atoms with Crippen LogP contribution in [-0.4, -0.2) is 24.6 Å². The van der Waals surface area contributed by atoms with E-state index in [9.17, 15) is 9.18 Å². The highest BCUT2D eigenvalue weighted by molar-refractivity contribution is 5.81. The molecule has 0 heterocycles. The minimum absolute atomic E-state index is 0.0407. The largest absolute Gasteiger partial charge is 0.481 e. The topological polar surface area (TPSA) is 64.3 Å². The standard InChI is InChI=1S/C15H23FN2O2/c1-3-4-7-13(10-17)18-15(19)11(2)20-14-8-5-6-12(16)9-14/h5-6,8-9,11,13H,3-4,7,10,17H2,1-2H3,(H,18,19). The van der Waals surface area contributed by atoms with Crippen LogP contribution >= 0.6 is 0 Å². The minimum atomic E-state index is -0.688. The Kier molecular flexibility index (Phi) is 7.01. The van der Waals surface area contributed by atoms with Gasteiger partial charge < -0.3 is 15.8 Å². The van der Waals surface area contributed by atoms with Gasteiger partial charge in [0.15, 0.2) is 6.10 Å². The van der Waals surface area contributed by atoms with Crippen LogP contribution in [0.1, 0.15) is 33.1 Å². The van der Waals surface area contributed by atoms with Gasteiger partial charge >= 0.3 is 0 Å². The summed E-state index contributed by atoms with van der Waals surface area (Å²) in [6.07, 6.45) is 2.24. The molecular weight excluding hydrogens is 259 g/mol. The van der Waals surface area contributed by atoms with Crippen LogP contribution in [0.15, 0.2) is 24.3 Å². The van der Waals surface area contributed by atoms with Crippen LogP contribution < -0.4 is 15.8 Å². The summed E-state index contributed by atoms with van der Waals surface area (Å²) in [7, 11) is 0. The molecule has 0 radical (unpaired) electrons. The average molecular weight is 282 g/mol. The monoisotopic (exact) mass is 282 g/mol. The van der Waals surface area contributed by atoms with Crippen LogP contribution in [0.2, 0.25) is 0 Å². The summed E-state index contributed by atoms with van der Waals surface area (Å²) in [6.45, 7) is 4.12. The molecule has 0 saturated carbocycles. The van der Waals surface area contributed by atoms with Gasteiger partial charge in [-0.15, -0.1) is 0 Å². The zero-order valence-corrected chi connectivity index (χ0v) is 12.1. The molecule has 0 spiro atoms. The van der Waals surface area contributed by atoms with E-state index in [2.05, 4.69) is 12.2 Å². The first kappa shape index (κ1) is 16.4. The van der Waals surface area contributed by atoms with Crippen LogP contribution in [0.25, 0.3) is 0 Å². The van der Waals surface area contributed by atoms with Crippen LogP contribution in [0.3, 0.4) is 0 Å². The number of carbonyl (C=O) groups excluding carboxylic acids is 1. The first-order valence-electron chi connectivity index (χ1n) is 6.99.